The van der Waals surface area contributed by atoms with Crippen molar-refractivity contribution in [2.75, 3.05) is 5.32 Å². The highest BCUT2D eigenvalue weighted by atomic mass is 19.4. The van der Waals surface area contributed by atoms with Crippen LogP contribution in [0.4, 0.5) is 30.5 Å². The summed E-state index contributed by atoms with van der Waals surface area (Å²) in [6, 6.07) is 5.46. The van der Waals surface area contributed by atoms with E-state index in [1.807, 2.05) is 6.92 Å². The molecule has 0 amide bonds. The maximum atomic E-state index is 13.0. The first kappa shape index (κ1) is 21.2. The van der Waals surface area contributed by atoms with Crippen LogP contribution in [-0.2, 0) is 12.7 Å². The van der Waals surface area contributed by atoms with E-state index in [1.165, 1.54) is 16.8 Å². The number of rotatable bonds is 7. The summed E-state index contributed by atoms with van der Waals surface area (Å²) in [7, 11) is 0. The fraction of sp³-hybridized carbons (Fsp3) is 0.316. The summed E-state index contributed by atoms with van der Waals surface area (Å²) in [5.41, 5.74) is -2.26. The zero-order chi connectivity index (χ0) is 21.9. The molecule has 30 heavy (non-hydrogen) atoms. The lowest BCUT2D eigenvalue weighted by Gasteiger charge is -2.12. The third-order valence-corrected chi connectivity index (χ3v) is 4.46. The Morgan fingerprint density at radius 1 is 1.20 bits per heavy atom. The van der Waals surface area contributed by atoms with Gasteiger partial charge in [-0.2, -0.15) is 18.2 Å². The van der Waals surface area contributed by atoms with Crippen molar-refractivity contribution in [2.45, 2.75) is 38.9 Å². The molecule has 0 saturated heterocycles. The molecule has 0 bridgehead atoms. The zero-order valence-corrected chi connectivity index (χ0v) is 15.9. The van der Waals surface area contributed by atoms with Gasteiger partial charge in [-0.05, 0) is 24.6 Å². The van der Waals surface area contributed by atoms with E-state index < -0.39 is 22.4 Å². The molecule has 0 unspecified atom stereocenters. The van der Waals surface area contributed by atoms with Crippen LogP contribution >= 0.6 is 0 Å². The predicted octanol–water partition coefficient (Wildman–Crippen LogP) is 4.65. The number of hydrogen-bond acceptors (Lipinski definition) is 6. The Morgan fingerprint density at radius 2 is 1.97 bits per heavy atom. The number of unbranched alkanes of at least 4 members (excludes halogenated alkanes) is 2. The van der Waals surface area contributed by atoms with Crippen molar-refractivity contribution in [3.8, 4) is 0 Å². The molecular formula is C19H18F3N5O3. The number of nitro groups is 1. The van der Waals surface area contributed by atoms with Crippen molar-refractivity contribution in [3.63, 3.8) is 0 Å². The van der Waals surface area contributed by atoms with Gasteiger partial charge in [0.2, 0.25) is 5.95 Å². The molecule has 11 heteroatoms. The summed E-state index contributed by atoms with van der Waals surface area (Å²) in [6.07, 6.45) is -0.677. The number of nitrogens with one attached hydrogen (secondary N) is 1. The van der Waals surface area contributed by atoms with Crippen LogP contribution in [0.15, 0.2) is 41.3 Å². The molecule has 0 aliphatic rings. The SMILES string of the molecule is CCCCCn1c(=O)ccc2cnc(Nc3ccc(C(F)(F)F)c([N+](=O)[O-])c3)nc21. The van der Waals surface area contributed by atoms with E-state index in [2.05, 4.69) is 15.3 Å². The Morgan fingerprint density at radius 3 is 2.63 bits per heavy atom. The Balaban J connectivity index is 1.98. The molecule has 158 valence electrons. The van der Waals surface area contributed by atoms with Gasteiger partial charge < -0.3 is 5.32 Å². The van der Waals surface area contributed by atoms with Gasteiger partial charge in [0, 0.05) is 35.9 Å². The normalized spacial score (nSPS) is 11.6. The molecule has 0 aliphatic heterocycles. The summed E-state index contributed by atoms with van der Waals surface area (Å²) >= 11 is 0. The Hall–Kier alpha value is -3.50. The number of aromatic nitrogens is 3. The maximum Gasteiger partial charge on any atom is 0.423 e. The standard InChI is InChI=1S/C19H18F3N5O3/c1-2-3-4-9-26-16(28)8-5-12-11-23-18(25-17(12)26)24-13-6-7-14(19(20,21)22)15(10-13)27(29)30/h5-8,10-11H,2-4,9H2,1H3,(H,23,24,25). The molecule has 1 aromatic carbocycles. The van der Waals surface area contributed by atoms with Crippen LogP contribution in [0.2, 0.25) is 0 Å². The highest BCUT2D eigenvalue weighted by molar-refractivity contribution is 5.75. The van der Waals surface area contributed by atoms with Crippen molar-refractivity contribution in [1.29, 1.82) is 0 Å². The van der Waals surface area contributed by atoms with Gasteiger partial charge in [-0.15, -0.1) is 0 Å². The third kappa shape index (κ3) is 4.56. The monoisotopic (exact) mass is 421 g/mol. The largest absolute Gasteiger partial charge is 0.423 e. The highest BCUT2D eigenvalue weighted by Gasteiger charge is 2.38. The van der Waals surface area contributed by atoms with Gasteiger partial charge in [0.1, 0.15) is 11.2 Å². The van der Waals surface area contributed by atoms with E-state index in [4.69, 9.17) is 0 Å². The lowest BCUT2D eigenvalue weighted by molar-refractivity contribution is -0.388. The minimum atomic E-state index is -4.85. The molecular weight excluding hydrogens is 403 g/mol. The first-order chi connectivity index (χ1) is 14.2. The summed E-state index contributed by atoms with van der Waals surface area (Å²) < 4.78 is 40.4. The van der Waals surface area contributed by atoms with Crippen molar-refractivity contribution in [2.24, 2.45) is 0 Å². The second-order valence-electron chi connectivity index (χ2n) is 6.61. The van der Waals surface area contributed by atoms with Gasteiger partial charge in [-0.1, -0.05) is 19.8 Å². The molecule has 8 nitrogen and oxygen atoms in total. The zero-order valence-electron chi connectivity index (χ0n) is 15.9. The van der Waals surface area contributed by atoms with Crippen molar-refractivity contribution < 1.29 is 18.1 Å². The predicted molar refractivity (Wildman–Crippen MR) is 105 cm³/mol. The minimum Gasteiger partial charge on any atom is -0.324 e. The second kappa shape index (κ2) is 8.47. The van der Waals surface area contributed by atoms with E-state index in [0.717, 1.165) is 31.4 Å². The average Bonchev–Trinajstić information content (AvgIpc) is 2.69. The van der Waals surface area contributed by atoms with Crippen LogP contribution in [0.1, 0.15) is 31.7 Å². The lowest BCUT2D eigenvalue weighted by atomic mass is 10.1. The molecule has 2 heterocycles. The van der Waals surface area contributed by atoms with E-state index in [9.17, 15) is 28.1 Å². The number of fused-ring (bicyclic) bond motifs is 1. The molecule has 0 saturated carbocycles. The molecule has 1 N–H and O–H groups in total. The average molecular weight is 421 g/mol. The number of hydrogen-bond donors (Lipinski definition) is 1. The van der Waals surface area contributed by atoms with Gasteiger partial charge in [0.05, 0.1) is 4.92 Å². The number of aryl methyl sites for hydroxylation is 1. The van der Waals surface area contributed by atoms with Crippen LogP contribution in [0.3, 0.4) is 0 Å². The summed E-state index contributed by atoms with van der Waals surface area (Å²) in [5.74, 6) is 0.00592. The van der Waals surface area contributed by atoms with Gasteiger partial charge >= 0.3 is 6.18 Å². The van der Waals surface area contributed by atoms with Crippen molar-refractivity contribution in [3.05, 3.63) is 62.6 Å². The molecule has 0 aliphatic carbocycles. The fourth-order valence-corrected chi connectivity index (χ4v) is 3.00. The van der Waals surface area contributed by atoms with Crippen molar-refractivity contribution >= 4 is 28.4 Å². The number of nitro benzene ring substituents is 1. The Kier molecular flexibility index (Phi) is 5.99. The van der Waals surface area contributed by atoms with Crippen LogP contribution in [-0.4, -0.2) is 19.5 Å². The maximum absolute atomic E-state index is 13.0. The number of nitrogens with zero attached hydrogens (tertiary/aromatic N) is 4. The second-order valence-corrected chi connectivity index (χ2v) is 6.61. The molecule has 3 aromatic rings. The van der Waals surface area contributed by atoms with Crippen molar-refractivity contribution in [1.82, 2.24) is 14.5 Å². The Labute approximate surface area is 168 Å². The van der Waals surface area contributed by atoms with E-state index in [1.54, 1.807) is 6.07 Å². The lowest BCUT2D eigenvalue weighted by Crippen LogP contribution is -2.20. The molecule has 0 radical (unpaired) electrons. The minimum absolute atomic E-state index is 0.00592. The van der Waals surface area contributed by atoms with Crippen LogP contribution in [0.5, 0.6) is 0 Å². The van der Waals surface area contributed by atoms with E-state index >= 15 is 0 Å². The van der Waals surface area contributed by atoms with Crippen LogP contribution in [0.25, 0.3) is 11.0 Å². The van der Waals surface area contributed by atoms with Gasteiger partial charge in [0.25, 0.3) is 11.2 Å². The third-order valence-electron chi connectivity index (χ3n) is 4.46. The Bertz CT molecular complexity index is 1140. The number of halogens is 3. The molecule has 0 fully saturated rings. The highest BCUT2D eigenvalue weighted by Crippen LogP contribution is 2.37. The summed E-state index contributed by atoms with van der Waals surface area (Å²) in [4.78, 5) is 30.6. The van der Waals surface area contributed by atoms with E-state index in [0.29, 0.717) is 23.6 Å². The summed E-state index contributed by atoms with van der Waals surface area (Å²) in [5, 5.41) is 14.4. The molecule has 0 atom stereocenters. The molecule has 2 aromatic heterocycles. The fourth-order valence-electron chi connectivity index (χ4n) is 3.00. The van der Waals surface area contributed by atoms with Crippen LogP contribution in [0, 0.1) is 10.1 Å². The number of anilines is 2. The quantitative estimate of drug-likeness (QED) is 0.338. The first-order valence-electron chi connectivity index (χ1n) is 9.20. The van der Waals surface area contributed by atoms with Crippen LogP contribution < -0.4 is 10.9 Å². The number of benzene rings is 1. The van der Waals surface area contributed by atoms with Gasteiger partial charge in [0.15, 0.2) is 0 Å². The topological polar surface area (TPSA) is 103 Å². The van der Waals surface area contributed by atoms with Gasteiger partial charge in [-0.3, -0.25) is 19.5 Å². The number of pyridine rings is 1. The first-order valence-corrected chi connectivity index (χ1v) is 9.20. The smallest absolute Gasteiger partial charge is 0.324 e. The summed E-state index contributed by atoms with van der Waals surface area (Å²) in [6.45, 7) is 2.51. The molecule has 3 rings (SSSR count). The van der Waals surface area contributed by atoms with E-state index in [-0.39, 0.29) is 17.2 Å². The number of alkyl halides is 3. The molecule has 0 spiro atoms. The van der Waals surface area contributed by atoms with Gasteiger partial charge in [-0.25, -0.2) is 4.98 Å².